The van der Waals surface area contributed by atoms with Gasteiger partial charge in [-0.25, -0.2) is 8.42 Å². The van der Waals surface area contributed by atoms with Crippen LogP contribution in [0.15, 0.2) is 71.6 Å². The summed E-state index contributed by atoms with van der Waals surface area (Å²) >= 11 is 5.17. The highest BCUT2D eigenvalue weighted by Gasteiger charge is 2.15. The number of amides is 1. The van der Waals surface area contributed by atoms with Crippen LogP contribution in [0.1, 0.15) is 38.8 Å². The van der Waals surface area contributed by atoms with Gasteiger partial charge in [0.1, 0.15) is 0 Å². The van der Waals surface area contributed by atoms with Crippen molar-refractivity contribution in [2.45, 2.75) is 25.7 Å². The normalized spacial score (nSPS) is 10.9. The van der Waals surface area contributed by atoms with Gasteiger partial charge in [0.2, 0.25) is 0 Å². The van der Waals surface area contributed by atoms with E-state index in [0.717, 1.165) is 11.1 Å². The summed E-state index contributed by atoms with van der Waals surface area (Å²) in [7, 11) is -3.77. The molecule has 0 unspecified atom stereocenters. The van der Waals surface area contributed by atoms with E-state index in [-0.39, 0.29) is 15.8 Å². The fourth-order valence-electron chi connectivity index (χ4n) is 3.18. The lowest BCUT2D eigenvalue weighted by atomic mass is 10.1. The molecule has 0 bridgehead atoms. The minimum Gasteiger partial charge on any atom is -0.332 e. The summed E-state index contributed by atoms with van der Waals surface area (Å²) in [6.45, 7) is 5.21. The second-order valence-electron chi connectivity index (χ2n) is 7.55. The molecule has 3 rings (SSSR count). The standard InChI is InChI=1S/C24H23N3O4S2/c1-15-11-16(2)13-21(12-15)27-33(30,31)22-9-7-20(8-10-22)25-24(32)26-23(29)19-6-4-5-18(14-19)17(3)28/h4-14,27H,1-3H3,(H2,25,26,29,32). The molecule has 0 atom stereocenters. The topological polar surface area (TPSA) is 104 Å². The maximum atomic E-state index is 12.7. The summed E-state index contributed by atoms with van der Waals surface area (Å²) in [5, 5.41) is 5.42. The molecule has 33 heavy (non-hydrogen) atoms. The molecule has 0 aromatic heterocycles. The van der Waals surface area contributed by atoms with Gasteiger partial charge in [-0.3, -0.25) is 19.6 Å². The van der Waals surface area contributed by atoms with Gasteiger partial charge >= 0.3 is 0 Å². The predicted octanol–water partition coefficient (Wildman–Crippen LogP) is 4.43. The number of aryl methyl sites for hydroxylation is 2. The van der Waals surface area contributed by atoms with E-state index in [4.69, 9.17) is 12.2 Å². The highest BCUT2D eigenvalue weighted by Crippen LogP contribution is 2.20. The van der Waals surface area contributed by atoms with Crippen molar-refractivity contribution in [2.24, 2.45) is 0 Å². The summed E-state index contributed by atoms with van der Waals surface area (Å²) in [4.78, 5) is 24.0. The molecule has 9 heteroatoms. The average Bonchev–Trinajstić information content (AvgIpc) is 2.73. The van der Waals surface area contributed by atoms with Gasteiger partial charge in [0, 0.05) is 22.5 Å². The maximum Gasteiger partial charge on any atom is 0.261 e. The van der Waals surface area contributed by atoms with Crippen LogP contribution in [0.3, 0.4) is 0 Å². The first kappa shape index (κ1) is 24.1. The number of Topliss-reactive ketones (excluding diaryl/α,β-unsaturated/α-hetero) is 1. The number of nitrogens with one attached hydrogen (secondary N) is 3. The smallest absolute Gasteiger partial charge is 0.261 e. The van der Waals surface area contributed by atoms with Crippen molar-refractivity contribution in [2.75, 3.05) is 10.0 Å². The molecule has 7 nitrogen and oxygen atoms in total. The average molecular weight is 482 g/mol. The molecule has 0 aliphatic rings. The van der Waals surface area contributed by atoms with Gasteiger partial charge in [-0.2, -0.15) is 0 Å². The van der Waals surface area contributed by atoms with Crippen molar-refractivity contribution in [3.05, 3.63) is 89.0 Å². The van der Waals surface area contributed by atoms with Crippen LogP contribution >= 0.6 is 12.2 Å². The third-order valence-corrected chi connectivity index (χ3v) is 6.26. The summed E-state index contributed by atoms with van der Waals surface area (Å²) in [6.07, 6.45) is 0. The summed E-state index contributed by atoms with van der Waals surface area (Å²) < 4.78 is 28.0. The number of hydrogen-bond acceptors (Lipinski definition) is 5. The highest BCUT2D eigenvalue weighted by molar-refractivity contribution is 7.92. The number of ketones is 1. The number of anilines is 2. The van der Waals surface area contributed by atoms with Crippen LogP contribution in [0.4, 0.5) is 11.4 Å². The first-order valence-electron chi connectivity index (χ1n) is 9.98. The Morgan fingerprint density at radius 3 is 2.03 bits per heavy atom. The molecule has 0 heterocycles. The lowest BCUT2D eigenvalue weighted by Crippen LogP contribution is -2.34. The van der Waals surface area contributed by atoms with Gasteiger partial charge in [0.15, 0.2) is 10.9 Å². The number of benzene rings is 3. The number of carbonyl (C=O) groups excluding carboxylic acids is 2. The zero-order valence-corrected chi connectivity index (χ0v) is 19.9. The number of hydrogen-bond donors (Lipinski definition) is 3. The summed E-state index contributed by atoms with van der Waals surface area (Å²) in [5.74, 6) is -0.611. The van der Waals surface area contributed by atoms with Crippen molar-refractivity contribution < 1.29 is 18.0 Å². The lowest BCUT2D eigenvalue weighted by Gasteiger charge is -2.12. The second kappa shape index (κ2) is 9.93. The summed E-state index contributed by atoms with van der Waals surface area (Å²) in [5.41, 5.74) is 3.63. The largest absolute Gasteiger partial charge is 0.332 e. The molecular formula is C24H23N3O4S2. The Morgan fingerprint density at radius 2 is 1.42 bits per heavy atom. The Labute approximate surface area is 198 Å². The van der Waals surface area contributed by atoms with Gasteiger partial charge in [0.05, 0.1) is 4.90 Å². The fraction of sp³-hybridized carbons (Fsp3) is 0.125. The Morgan fingerprint density at radius 1 is 0.818 bits per heavy atom. The van der Waals surface area contributed by atoms with Crippen LogP contribution in [0, 0.1) is 13.8 Å². The number of rotatable bonds is 6. The van der Waals surface area contributed by atoms with Gasteiger partial charge < -0.3 is 5.32 Å². The van der Waals surface area contributed by atoms with Crippen LogP contribution < -0.4 is 15.4 Å². The molecule has 170 valence electrons. The zero-order chi connectivity index (χ0) is 24.2. The van der Waals surface area contributed by atoms with Gasteiger partial charge in [-0.05, 0) is 92.6 Å². The Kier molecular flexibility index (Phi) is 7.25. The SMILES string of the molecule is CC(=O)c1cccc(C(=O)NC(=S)Nc2ccc(S(=O)(=O)Nc3cc(C)cc(C)c3)cc2)c1. The van der Waals surface area contributed by atoms with Crippen molar-refractivity contribution in [3.63, 3.8) is 0 Å². The van der Waals surface area contributed by atoms with Crippen LogP contribution in [0.2, 0.25) is 0 Å². The minimum absolute atomic E-state index is 0.0391. The maximum absolute atomic E-state index is 12.7. The third-order valence-electron chi connectivity index (χ3n) is 4.65. The van der Waals surface area contributed by atoms with Gasteiger partial charge in [-0.1, -0.05) is 18.2 Å². The van der Waals surface area contributed by atoms with E-state index in [2.05, 4.69) is 15.4 Å². The number of sulfonamides is 1. The van der Waals surface area contributed by atoms with Crippen LogP contribution in [0.5, 0.6) is 0 Å². The third kappa shape index (κ3) is 6.47. The first-order valence-corrected chi connectivity index (χ1v) is 11.9. The number of carbonyl (C=O) groups is 2. The van der Waals surface area contributed by atoms with Gasteiger partial charge in [-0.15, -0.1) is 0 Å². The van der Waals surface area contributed by atoms with E-state index in [9.17, 15) is 18.0 Å². The molecule has 0 saturated carbocycles. The van der Waals surface area contributed by atoms with Crippen molar-refractivity contribution in [3.8, 4) is 0 Å². The zero-order valence-electron chi connectivity index (χ0n) is 18.3. The number of thiocarbonyl (C=S) groups is 1. The van der Waals surface area contributed by atoms with Crippen LogP contribution in [0.25, 0.3) is 0 Å². The molecule has 0 aliphatic heterocycles. The molecular weight excluding hydrogens is 458 g/mol. The second-order valence-corrected chi connectivity index (χ2v) is 9.64. The fourth-order valence-corrected chi connectivity index (χ4v) is 4.43. The first-order chi connectivity index (χ1) is 15.5. The minimum atomic E-state index is -3.77. The molecule has 3 aromatic carbocycles. The van der Waals surface area contributed by atoms with Crippen molar-refractivity contribution >= 4 is 50.4 Å². The van der Waals surface area contributed by atoms with E-state index in [1.165, 1.54) is 25.1 Å². The van der Waals surface area contributed by atoms with E-state index < -0.39 is 15.9 Å². The Hall–Kier alpha value is -3.56. The van der Waals surface area contributed by atoms with Crippen molar-refractivity contribution in [1.29, 1.82) is 0 Å². The Balaban J connectivity index is 1.65. The highest BCUT2D eigenvalue weighted by atomic mass is 32.2. The molecule has 0 fully saturated rings. The van der Waals surface area contributed by atoms with Crippen molar-refractivity contribution in [1.82, 2.24) is 5.32 Å². The van der Waals surface area contributed by atoms with E-state index in [1.54, 1.807) is 42.5 Å². The van der Waals surface area contributed by atoms with Gasteiger partial charge in [0.25, 0.3) is 15.9 Å². The van der Waals surface area contributed by atoms with E-state index >= 15 is 0 Å². The molecule has 0 spiro atoms. The molecule has 3 N–H and O–H groups in total. The molecule has 1 amide bonds. The monoisotopic (exact) mass is 481 g/mol. The molecule has 0 aliphatic carbocycles. The molecule has 0 radical (unpaired) electrons. The van der Waals surface area contributed by atoms with E-state index in [1.807, 2.05) is 19.9 Å². The quantitative estimate of drug-likeness (QED) is 0.355. The predicted molar refractivity (Wildman–Crippen MR) is 133 cm³/mol. The lowest BCUT2D eigenvalue weighted by molar-refractivity contribution is 0.0977. The van der Waals surface area contributed by atoms with Crippen LogP contribution in [-0.4, -0.2) is 25.2 Å². The van der Waals surface area contributed by atoms with Crippen LogP contribution in [-0.2, 0) is 10.0 Å². The Bertz CT molecular complexity index is 1310. The molecule has 0 saturated heterocycles. The molecule has 3 aromatic rings. The summed E-state index contributed by atoms with van der Waals surface area (Å²) in [6, 6.07) is 17.8. The van der Waals surface area contributed by atoms with E-state index in [0.29, 0.717) is 22.5 Å².